The summed E-state index contributed by atoms with van der Waals surface area (Å²) in [5.74, 6) is -0.0317. The van der Waals surface area contributed by atoms with E-state index in [-0.39, 0.29) is 28.5 Å². The van der Waals surface area contributed by atoms with Gasteiger partial charge >= 0.3 is 16.4 Å². The first kappa shape index (κ1) is 23.1. The summed E-state index contributed by atoms with van der Waals surface area (Å²) in [6.07, 6.45) is -2.15. The maximum atomic E-state index is 13.5. The predicted molar refractivity (Wildman–Crippen MR) is 126 cm³/mol. The minimum Gasteiger partial charge on any atom is -0.444 e. The van der Waals surface area contributed by atoms with Gasteiger partial charge in [-0.05, 0) is 29.8 Å². The van der Waals surface area contributed by atoms with E-state index in [4.69, 9.17) is 20.5 Å². The van der Waals surface area contributed by atoms with Crippen molar-refractivity contribution in [3.63, 3.8) is 0 Å². The van der Waals surface area contributed by atoms with Gasteiger partial charge in [0.2, 0.25) is 6.54 Å². The summed E-state index contributed by atoms with van der Waals surface area (Å²) < 4.78 is 38.2. The maximum absolute atomic E-state index is 13.5. The standard InChI is InChI=1S/C23H18ClN3O7S/c24-16-10-11-21-18(12-16)22-26(23(28)33-14-15-6-2-1-3-7-15)19-9-5-4-8-17(19)20(13-25(29)30)27(22)35(31,32)34-21/h1-12,20,22H,13-14H2/t20-,22+/m0/s1. The molecule has 2 atom stereocenters. The quantitative estimate of drug-likeness (QED) is 0.372. The van der Waals surface area contributed by atoms with E-state index in [0.717, 1.165) is 9.87 Å². The van der Waals surface area contributed by atoms with Crippen LogP contribution >= 0.6 is 11.6 Å². The summed E-state index contributed by atoms with van der Waals surface area (Å²) in [6, 6.07) is 18.5. The second-order valence-electron chi connectivity index (χ2n) is 7.93. The molecule has 0 N–H and O–H groups in total. The first-order valence-corrected chi connectivity index (χ1v) is 12.2. The molecule has 2 heterocycles. The number of carbonyl (C=O) groups excluding carboxylic acids is 1. The zero-order valence-electron chi connectivity index (χ0n) is 18.0. The van der Waals surface area contributed by atoms with Gasteiger partial charge in [0.05, 0.1) is 5.69 Å². The molecule has 12 heteroatoms. The van der Waals surface area contributed by atoms with Crippen LogP contribution in [0.5, 0.6) is 5.75 Å². The highest BCUT2D eigenvalue weighted by Gasteiger charge is 2.54. The second kappa shape index (κ2) is 8.84. The third-order valence-corrected chi connectivity index (χ3v) is 7.37. The molecule has 180 valence electrons. The molecule has 5 rings (SSSR count). The molecule has 0 fully saturated rings. The molecule has 0 unspecified atom stereocenters. The molecule has 0 saturated heterocycles. The lowest BCUT2D eigenvalue weighted by Gasteiger charge is -2.47. The molecule has 0 spiro atoms. The van der Waals surface area contributed by atoms with Gasteiger partial charge in [0.1, 0.15) is 18.8 Å². The van der Waals surface area contributed by atoms with Gasteiger partial charge in [0, 0.05) is 21.1 Å². The van der Waals surface area contributed by atoms with Crippen LogP contribution in [-0.4, -0.2) is 30.3 Å². The molecule has 10 nitrogen and oxygen atoms in total. The average molecular weight is 516 g/mol. The van der Waals surface area contributed by atoms with Gasteiger partial charge in [-0.25, -0.2) is 4.79 Å². The molecular weight excluding hydrogens is 498 g/mol. The van der Waals surface area contributed by atoms with Crippen LogP contribution in [0.2, 0.25) is 5.02 Å². The summed E-state index contributed by atoms with van der Waals surface area (Å²) in [6.45, 7) is -0.798. The van der Waals surface area contributed by atoms with E-state index in [1.165, 1.54) is 23.1 Å². The fraction of sp³-hybridized carbons (Fsp3) is 0.174. The Morgan fingerprint density at radius 2 is 1.77 bits per heavy atom. The molecule has 0 aliphatic carbocycles. The number of carbonyl (C=O) groups is 1. The van der Waals surface area contributed by atoms with Crippen LogP contribution in [-0.2, 0) is 21.6 Å². The van der Waals surface area contributed by atoms with Crippen molar-refractivity contribution in [1.29, 1.82) is 0 Å². The van der Waals surface area contributed by atoms with Crippen molar-refractivity contribution in [1.82, 2.24) is 4.31 Å². The number of ether oxygens (including phenoxy) is 1. The lowest BCUT2D eigenvalue weighted by atomic mass is 9.97. The number of hydrogen-bond acceptors (Lipinski definition) is 7. The summed E-state index contributed by atoms with van der Waals surface area (Å²) >= 11 is 6.20. The van der Waals surface area contributed by atoms with Crippen LogP contribution in [0.25, 0.3) is 0 Å². The number of rotatable bonds is 4. The second-order valence-corrected chi connectivity index (χ2v) is 9.81. The number of amides is 1. The van der Waals surface area contributed by atoms with Crippen molar-refractivity contribution in [2.45, 2.75) is 18.8 Å². The normalized spacial score (nSPS) is 20.1. The van der Waals surface area contributed by atoms with Crippen molar-refractivity contribution in [2.24, 2.45) is 0 Å². The van der Waals surface area contributed by atoms with Crippen LogP contribution in [0, 0.1) is 10.1 Å². The van der Waals surface area contributed by atoms with Crippen LogP contribution in [0.4, 0.5) is 10.5 Å². The highest BCUT2D eigenvalue weighted by molar-refractivity contribution is 7.84. The highest BCUT2D eigenvalue weighted by atomic mass is 35.5. The van der Waals surface area contributed by atoms with Crippen molar-refractivity contribution < 1.29 is 27.1 Å². The Kier molecular flexibility index (Phi) is 5.83. The third-order valence-electron chi connectivity index (χ3n) is 5.78. The fourth-order valence-corrected chi connectivity index (χ4v) is 5.95. The Morgan fingerprint density at radius 3 is 2.51 bits per heavy atom. The number of nitro groups is 1. The third kappa shape index (κ3) is 4.18. The molecule has 3 aromatic carbocycles. The van der Waals surface area contributed by atoms with Crippen LogP contribution in [0.15, 0.2) is 72.8 Å². The number of fused-ring (bicyclic) bond motifs is 4. The summed E-state index contributed by atoms with van der Waals surface area (Å²) in [5, 5.41) is 11.8. The van der Waals surface area contributed by atoms with Crippen LogP contribution in [0.1, 0.15) is 28.9 Å². The number of anilines is 1. The van der Waals surface area contributed by atoms with E-state index in [9.17, 15) is 23.3 Å². The summed E-state index contributed by atoms with van der Waals surface area (Å²) in [7, 11) is -4.54. The van der Waals surface area contributed by atoms with E-state index in [0.29, 0.717) is 5.69 Å². The average Bonchev–Trinajstić information content (AvgIpc) is 2.83. The smallest absolute Gasteiger partial charge is 0.416 e. The molecule has 0 aromatic heterocycles. The van der Waals surface area contributed by atoms with Crippen molar-refractivity contribution in [3.05, 3.63) is 105 Å². The van der Waals surface area contributed by atoms with Gasteiger partial charge in [-0.15, -0.1) is 4.31 Å². The fourth-order valence-electron chi connectivity index (χ4n) is 4.36. The number of nitrogens with zero attached hydrogens (tertiary/aromatic N) is 3. The first-order chi connectivity index (χ1) is 16.8. The zero-order valence-corrected chi connectivity index (χ0v) is 19.6. The van der Waals surface area contributed by atoms with E-state index in [1.54, 1.807) is 48.5 Å². The number of hydrogen-bond donors (Lipinski definition) is 0. The van der Waals surface area contributed by atoms with Crippen molar-refractivity contribution in [2.75, 3.05) is 11.4 Å². The van der Waals surface area contributed by atoms with Crippen LogP contribution < -0.4 is 9.08 Å². The summed E-state index contributed by atoms with van der Waals surface area (Å²) in [4.78, 5) is 25.6. The molecule has 3 aromatic rings. The topological polar surface area (TPSA) is 119 Å². The largest absolute Gasteiger partial charge is 0.444 e. The Bertz CT molecular complexity index is 1420. The summed E-state index contributed by atoms with van der Waals surface area (Å²) in [5.41, 5.74) is 1.56. The van der Waals surface area contributed by atoms with Gasteiger partial charge in [-0.3, -0.25) is 15.0 Å². The van der Waals surface area contributed by atoms with Crippen molar-refractivity contribution >= 4 is 33.7 Å². The monoisotopic (exact) mass is 515 g/mol. The van der Waals surface area contributed by atoms with Gasteiger partial charge in [0.25, 0.3) is 0 Å². The maximum Gasteiger partial charge on any atom is 0.416 e. The number of benzene rings is 3. The Balaban J connectivity index is 1.68. The first-order valence-electron chi connectivity index (χ1n) is 10.5. The van der Waals surface area contributed by atoms with Gasteiger partial charge in [-0.2, -0.15) is 8.42 Å². The number of para-hydroxylation sites is 1. The van der Waals surface area contributed by atoms with E-state index < -0.39 is 40.1 Å². The van der Waals surface area contributed by atoms with Gasteiger partial charge < -0.3 is 8.92 Å². The minimum absolute atomic E-state index is 0.0317. The van der Waals surface area contributed by atoms with E-state index >= 15 is 0 Å². The SMILES string of the molecule is O=C(OCc1ccccc1)N1c2ccccc2[C@H](C[N+](=O)[O-])N2[C@@H]1c1cc(Cl)ccc1OS2(=O)=O. The minimum atomic E-state index is -4.54. The van der Waals surface area contributed by atoms with E-state index in [1.807, 2.05) is 6.07 Å². The Labute approximate surface area is 205 Å². The molecule has 1 amide bonds. The molecule has 2 aliphatic rings. The Morgan fingerprint density at radius 1 is 1.06 bits per heavy atom. The highest BCUT2D eigenvalue weighted by Crippen LogP contribution is 2.51. The van der Waals surface area contributed by atoms with E-state index in [2.05, 4.69) is 0 Å². The lowest BCUT2D eigenvalue weighted by molar-refractivity contribution is -0.487. The molecule has 0 saturated carbocycles. The van der Waals surface area contributed by atoms with Gasteiger partial charge in [-0.1, -0.05) is 60.1 Å². The predicted octanol–water partition coefficient (Wildman–Crippen LogP) is 4.45. The Hall–Kier alpha value is -3.67. The lowest BCUT2D eigenvalue weighted by Crippen LogP contribution is -2.56. The molecule has 2 aliphatic heterocycles. The molecule has 0 bridgehead atoms. The zero-order chi connectivity index (χ0) is 24.7. The molecule has 0 radical (unpaired) electrons. The molecule has 35 heavy (non-hydrogen) atoms. The van der Waals surface area contributed by atoms with Crippen LogP contribution in [0.3, 0.4) is 0 Å². The van der Waals surface area contributed by atoms with Gasteiger partial charge in [0.15, 0.2) is 5.75 Å². The van der Waals surface area contributed by atoms with Crippen molar-refractivity contribution in [3.8, 4) is 5.75 Å². The molecular formula is C23H18ClN3O7S. The number of halogens is 1.